The Morgan fingerprint density at radius 3 is 2.82 bits per heavy atom. The molecule has 3 aromatic heterocycles. The average Bonchev–Trinajstić information content (AvgIpc) is 3.51. The number of nitrogen functional groups attached to an aromatic ring is 1. The third-order valence-corrected chi connectivity index (χ3v) is 5.80. The first-order valence-corrected chi connectivity index (χ1v) is 11.2. The quantitative estimate of drug-likeness (QED) is 0.350. The Balaban J connectivity index is 1.33. The number of alkyl halides is 3. The number of aliphatic hydroxyl groups is 1. The van der Waals surface area contributed by atoms with E-state index in [4.69, 9.17) is 15.0 Å². The minimum atomic E-state index is -4.64. The van der Waals surface area contributed by atoms with Gasteiger partial charge in [-0.3, -0.25) is 19.5 Å². The predicted molar refractivity (Wildman–Crippen MR) is 126 cm³/mol. The number of halogens is 3. The first-order chi connectivity index (χ1) is 18.0. The molecular formula is C23H20F3N7O5. The fourth-order valence-corrected chi connectivity index (χ4v) is 3.98. The number of nitrogens with two attached hydrogens (primary N) is 1. The number of hydrogen-bond acceptors (Lipinski definition) is 9. The van der Waals surface area contributed by atoms with Crippen LogP contribution in [-0.2, 0) is 20.5 Å². The fraction of sp³-hybridized carbons (Fsp3) is 0.261. The molecule has 4 heterocycles. The normalized spacial score (nSPS) is 19.1. The Kier molecular flexibility index (Phi) is 6.24. The number of nitrogens with zero attached hydrogens (tertiary/aromatic N) is 5. The van der Waals surface area contributed by atoms with Crippen LogP contribution in [0.15, 0.2) is 53.3 Å². The van der Waals surface area contributed by atoms with Crippen molar-refractivity contribution in [2.75, 3.05) is 22.5 Å². The van der Waals surface area contributed by atoms with Gasteiger partial charge in [0.25, 0.3) is 11.8 Å². The Morgan fingerprint density at radius 1 is 1.26 bits per heavy atom. The summed E-state index contributed by atoms with van der Waals surface area (Å²) < 4.78 is 50.9. The van der Waals surface area contributed by atoms with Crippen molar-refractivity contribution in [2.24, 2.45) is 0 Å². The molecule has 0 radical (unpaired) electrons. The molecule has 0 saturated carbocycles. The van der Waals surface area contributed by atoms with Crippen molar-refractivity contribution in [3.63, 3.8) is 0 Å². The molecule has 0 bridgehead atoms. The summed E-state index contributed by atoms with van der Waals surface area (Å²) in [5, 5.41) is 21.6. The van der Waals surface area contributed by atoms with Crippen molar-refractivity contribution in [3.05, 3.63) is 54.5 Å². The van der Waals surface area contributed by atoms with Crippen LogP contribution >= 0.6 is 0 Å². The maximum atomic E-state index is 13.2. The number of anilines is 3. The minimum Gasteiger partial charge on any atom is -0.380 e. The number of carbonyl (C=O) groups is 2. The predicted octanol–water partition coefficient (Wildman–Crippen LogP) is 2.13. The Morgan fingerprint density at radius 2 is 2.05 bits per heavy atom. The fourth-order valence-electron chi connectivity index (χ4n) is 3.98. The van der Waals surface area contributed by atoms with Crippen LogP contribution in [0.25, 0.3) is 16.7 Å². The van der Waals surface area contributed by atoms with E-state index in [1.807, 2.05) is 0 Å². The number of nitrogens with one attached hydrogen (secondary N) is 1. The highest BCUT2D eigenvalue weighted by Crippen LogP contribution is 2.29. The summed E-state index contributed by atoms with van der Waals surface area (Å²) in [4.78, 5) is 30.5. The van der Waals surface area contributed by atoms with Crippen LogP contribution in [0.1, 0.15) is 12.6 Å². The van der Waals surface area contributed by atoms with E-state index < -0.39 is 42.0 Å². The third-order valence-electron chi connectivity index (χ3n) is 5.80. The highest BCUT2D eigenvalue weighted by molar-refractivity contribution is 6.04. The van der Waals surface area contributed by atoms with Crippen LogP contribution in [-0.4, -0.2) is 61.7 Å². The molecule has 12 nitrogen and oxygen atoms in total. The van der Waals surface area contributed by atoms with Crippen LogP contribution in [0, 0.1) is 0 Å². The molecule has 1 saturated heterocycles. The van der Waals surface area contributed by atoms with Gasteiger partial charge in [-0.2, -0.15) is 13.2 Å². The zero-order chi connectivity index (χ0) is 27.2. The van der Waals surface area contributed by atoms with E-state index in [0.717, 1.165) is 16.9 Å². The summed E-state index contributed by atoms with van der Waals surface area (Å²) in [5.74, 6) is -1.38. The Labute approximate surface area is 211 Å². The molecule has 4 aromatic rings. The van der Waals surface area contributed by atoms with Crippen molar-refractivity contribution in [1.82, 2.24) is 19.9 Å². The number of rotatable bonds is 5. The number of benzene rings is 1. The largest absolute Gasteiger partial charge is 0.433 e. The molecule has 1 fully saturated rings. The Hall–Kier alpha value is -4.50. The molecule has 2 amide bonds. The third kappa shape index (κ3) is 4.76. The van der Waals surface area contributed by atoms with Gasteiger partial charge in [-0.25, -0.2) is 4.68 Å². The average molecular weight is 531 g/mol. The van der Waals surface area contributed by atoms with Crippen LogP contribution < -0.4 is 16.0 Å². The van der Waals surface area contributed by atoms with Gasteiger partial charge in [0.05, 0.1) is 23.7 Å². The van der Waals surface area contributed by atoms with Crippen molar-refractivity contribution in [3.8, 4) is 5.69 Å². The molecule has 3 unspecified atom stereocenters. The van der Waals surface area contributed by atoms with Crippen molar-refractivity contribution in [2.45, 2.75) is 31.4 Å². The lowest BCUT2D eigenvalue weighted by Gasteiger charge is -2.36. The number of aliphatic hydroxyl groups excluding tert-OH is 1. The number of fused-ring (bicyclic) bond motifs is 1. The molecule has 38 heavy (non-hydrogen) atoms. The summed E-state index contributed by atoms with van der Waals surface area (Å²) in [6.07, 6.45) is -6.31. The summed E-state index contributed by atoms with van der Waals surface area (Å²) in [6, 6.07) is 8.13. The smallest absolute Gasteiger partial charge is 0.380 e. The number of aromatic nitrogens is 4. The SMILES string of the molecule is CC1CN(c2ccn(-c3ccnc(C(F)(F)F)c3)n2)C(=O)C(C(O)C(=O)Nc2ccc3c(N)noc3c2)O1. The molecule has 0 aliphatic carbocycles. The molecule has 4 N–H and O–H groups in total. The van der Waals surface area contributed by atoms with E-state index in [1.165, 1.54) is 35.4 Å². The van der Waals surface area contributed by atoms with Gasteiger partial charge >= 0.3 is 6.18 Å². The number of amides is 2. The number of carbonyl (C=O) groups excluding carboxylic acids is 2. The van der Waals surface area contributed by atoms with E-state index >= 15 is 0 Å². The Bertz CT molecular complexity index is 1520. The van der Waals surface area contributed by atoms with E-state index in [-0.39, 0.29) is 29.6 Å². The maximum Gasteiger partial charge on any atom is 0.433 e. The molecule has 1 aliphatic rings. The van der Waals surface area contributed by atoms with Gasteiger partial charge in [0.1, 0.15) is 5.69 Å². The topological polar surface area (TPSA) is 162 Å². The lowest BCUT2D eigenvalue weighted by atomic mass is 10.1. The van der Waals surface area contributed by atoms with Gasteiger partial charge in [0, 0.05) is 30.2 Å². The van der Waals surface area contributed by atoms with Gasteiger partial charge in [0.2, 0.25) is 0 Å². The van der Waals surface area contributed by atoms with Gasteiger partial charge in [0.15, 0.2) is 29.4 Å². The van der Waals surface area contributed by atoms with Crippen LogP contribution in [0.2, 0.25) is 0 Å². The zero-order valence-corrected chi connectivity index (χ0v) is 19.6. The molecule has 5 rings (SSSR count). The van der Waals surface area contributed by atoms with Gasteiger partial charge in [-0.05, 0) is 31.2 Å². The van der Waals surface area contributed by atoms with Crippen molar-refractivity contribution in [1.29, 1.82) is 0 Å². The van der Waals surface area contributed by atoms with Crippen LogP contribution in [0.5, 0.6) is 0 Å². The van der Waals surface area contributed by atoms with E-state index in [1.54, 1.807) is 13.0 Å². The lowest BCUT2D eigenvalue weighted by molar-refractivity contribution is -0.156. The minimum absolute atomic E-state index is 0.0361. The molecule has 3 atom stereocenters. The summed E-state index contributed by atoms with van der Waals surface area (Å²) in [5.41, 5.74) is 5.23. The second-order valence-corrected chi connectivity index (χ2v) is 8.54. The number of hydrogen-bond donors (Lipinski definition) is 3. The molecule has 0 spiro atoms. The highest BCUT2D eigenvalue weighted by atomic mass is 19.4. The van der Waals surface area contributed by atoms with Crippen LogP contribution in [0.3, 0.4) is 0 Å². The molecule has 198 valence electrons. The summed E-state index contributed by atoms with van der Waals surface area (Å²) in [7, 11) is 0. The second-order valence-electron chi connectivity index (χ2n) is 8.54. The monoisotopic (exact) mass is 531 g/mol. The molecule has 1 aliphatic heterocycles. The van der Waals surface area contributed by atoms with Crippen LogP contribution in [0.4, 0.5) is 30.5 Å². The molecular weight excluding hydrogens is 511 g/mol. The molecule has 1 aromatic carbocycles. The van der Waals surface area contributed by atoms with Crippen molar-refractivity contribution >= 4 is 40.1 Å². The highest BCUT2D eigenvalue weighted by Gasteiger charge is 2.42. The molecule has 15 heteroatoms. The van der Waals surface area contributed by atoms with E-state index in [0.29, 0.717) is 11.0 Å². The number of pyridine rings is 1. The van der Waals surface area contributed by atoms with Crippen molar-refractivity contribution < 1.29 is 37.1 Å². The first kappa shape index (κ1) is 25.2. The van der Waals surface area contributed by atoms with Gasteiger partial charge < -0.3 is 25.4 Å². The lowest BCUT2D eigenvalue weighted by Crippen LogP contribution is -2.58. The van der Waals surface area contributed by atoms with Gasteiger partial charge in [-0.1, -0.05) is 5.16 Å². The summed E-state index contributed by atoms with van der Waals surface area (Å²) >= 11 is 0. The number of ether oxygens (including phenoxy) is 1. The zero-order valence-electron chi connectivity index (χ0n) is 19.6. The van der Waals surface area contributed by atoms with E-state index in [9.17, 15) is 27.9 Å². The second kappa shape index (κ2) is 9.42. The standard InChI is InChI=1S/C23H20F3N7O5/c1-11-10-32(17-5-7-33(30-17)13-4-6-28-16(9-13)23(24,25)26)22(36)19(37-11)18(34)21(35)29-12-2-3-14-15(8-12)38-31-20(14)27/h2-9,11,18-19,34H,10H2,1H3,(H2,27,31)(H,29,35). The maximum absolute atomic E-state index is 13.2. The number of morpholine rings is 1. The summed E-state index contributed by atoms with van der Waals surface area (Å²) in [6.45, 7) is 1.67. The van der Waals surface area contributed by atoms with E-state index in [2.05, 4.69) is 20.6 Å². The first-order valence-electron chi connectivity index (χ1n) is 11.2. The van der Waals surface area contributed by atoms with Gasteiger partial charge in [-0.15, -0.1) is 5.10 Å².